The minimum atomic E-state index is -1.15. The zero-order valence-electron chi connectivity index (χ0n) is 17.8. The second-order valence-electron chi connectivity index (χ2n) is 7.79. The van der Waals surface area contributed by atoms with Gasteiger partial charge in [-0.15, -0.1) is 11.3 Å². The third kappa shape index (κ3) is 3.66. The van der Waals surface area contributed by atoms with E-state index in [0.717, 1.165) is 21.1 Å². The fourth-order valence-corrected chi connectivity index (χ4v) is 4.77. The summed E-state index contributed by atoms with van der Waals surface area (Å²) < 4.78 is 1.96. The quantitative estimate of drug-likeness (QED) is 0.428. The molecule has 33 heavy (non-hydrogen) atoms. The van der Waals surface area contributed by atoms with Crippen LogP contribution in [0.15, 0.2) is 72.4 Å². The number of hydrogen-bond acceptors (Lipinski definition) is 5. The molecule has 8 nitrogen and oxygen atoms in total. The lowest BCUT2D eigenvalue weighted by molar-refractivity contribution is -0.134. The van der Waals surface area contributed by atoms with Gasteiger partial charge in [0, 0.05) is 29.0 Å². The molecule has 0 radical (unpaired) electrons. The number of nitrogens with zero attached hydrogens (tertiary/aromatic N) is 3. The van der Waals surface area contributed by atoms with Gasteiger partial charge in [-0.25, -0.2) is 9.78 Å². The summed E-state index contributed by atoms with van der Waals surface area (Å²) in [6, 6.07) is 15.8. The summed E-state index contributed by atoms with van der Waals surface area (Å²) in [5, 5.41) is 7.52. The van der Waals surface area contributed by atoms with Crippen LogP contribution in [0.3, 0.4) is 0 Å². The average Bonchev–Trinajstić information content (AvgIpc) is 3.50. The van der Waals surface area contributed by atoms with Crippen molar-refractivity contribution in [2.24, 2.45) is 0 Å². The SMILES string of the molecule is CCC1(c2ccccc2)NC(=O)N(CC(=O)Nc2ccc(-c3cn4ccsc4n3)cc2)C1=O. The van der Waals surface area contributed by atoms with Crippen molar-refractivity contribution in [3.63, 3.8) is 0 Å². The number of urea groups is 1. The standard InChI is InChI=1S/C24H21N5O3S/c1-2-24(17-6-4-3-5-7-17)21(31)29(22(32)27-24)15-20(30)25-18-10-8-16(9-11-18)19-14-28-12-13-33-23(28)26-19/h3-14H,2,15H2,1H3,(H,25,30)(H,27,32). The van der Waals surface area contributed by atoms with Crippen molar-refractivity contribution in [2.45, 2.75) is 18.9 Å². The van der Waals surface area contributed by atoms with Crippen molar-refractivity contribution in [2.75, 3.05) is 11.9 Å². The molecular weight excluding hydrogens is 438 g/mol. The molecule has 4 amide bonds. The molecule has 1 unspecified atom stereocenters. The summed E-state index contributed by atoms with van der Waals surface area (Å²) in [5.74, 6) is -0.875. The van der Waals surface area contributed by atoms with Gasteiger partial charge < -0.3 is 10.6 Å². The molecule has 1 aliphatic heterocycles. The Hall–Kier alpha value is -3.98. The molecule has 0 saturated carbocycles. The number of carbonyl (C=O) groups is 3. The topological polar surface area (TPSA) is 95.8 Å². The van der Waals surface area contributed by atoms with E-state index in [1.165, 1.54) is 0 Å². The van der Waals surface area contributed by atoms with E-state index in [1.54, 1.807) is 35.6 Å². The maximum Gasteiger partial charge on any atom is 0.325 e. The van der Waals surface area contributed by atoms with E-state index >= 15 is 0 Å². The van der Waals surface area contributed by atoms with Crippen LogP contribution in [-0.2, 0) is 15.1 Å². The summed E-state index contributed by atoms with van der Waals surface area (Å²) in [6.07, 6.45) is 4.28. The number of anilines is 1. The summed E-state index contributed by atoms with van der Waals surface area (Å²) in [5.41, 5.74) is 1.88. The second-order valence-corrected chi connectivity index (χ2v) is 8.66. The van der Waals surface area contributed by atoms with Crippen LogP contribution in [0.2, 0.25) is 0 Å². The minimum absolute atomic E-state index is 0.363. The predicted molar refractivity (Wildman–Crippen MR) is 126 cm³/mol. The summed E-state index contributed by atoms with van der Waals surface area (Å²) in [6.45, 7) is 1.47. The van der Waals surface area contributed by atoms with E-state index < -0.39 is 23.4 Å². The zero-order chi connectivity index (χ0) is 23.0. The Morgan fingerprint density at radius 2 is 1.88 bits per heavy atom. The zero-order valence-corrected chi connectivity index (χ0v) is 18.6. The molecule has 1 atom stereocenters. The van der Waals surface area contributed by atoms with Gasteiger partial charge in [0.1, 0.15) is 12.1 Å². The molecule has 9 heteroatoms. The molecule has 0 bridgehead atoms. The van der Waals surface area contributed by atoms with Gasteiger partial charge in [-0.05, 0) is 24.1 Å². The number of imide groups is 1. The van der Waals surface area contributed by atoms with Crippen LogP contribution in [0.4, 0.5) is 10.5 Å². The maximum atomic E-state index is 13.2. The van der Waals surface area contributed by atoms with Gasteiger partial charge in [-0.1, -0.05) is 49.4 Å². The highest BCUT2D eigenvalue weighted by molar-refractivity contribution is 7.15. The normalized spacial score (nSPS) is 18.0. The van der Waals surface area contributed by atoms with Gasteiger partial charge >= 0.3 is 6.03 Å². The van der Waals surface area contributed by atoms with Gasteiger partial charge in [0.05, 0.1) is 5.69 Å². The van der Waals surface area contributed by atoms with Crippen molar-refractivity contribution in [1.82, 2.24) is 19.6 Å². The molecule has 3 heterocycles. The fraction of sp³-hybridized carbons (Fsp3) is 0.167. The fourth-order valence-electron chi connectivity index (χ4n) is 4.07. The first-order valence-electron chi connectivity index (χ1n) is 10.5. The Balaban J connectivity index is 1.27. The van der Waals surface area contributed by atoms with Crippen LogP contribution in [0.1, 0.15) is 18.9 Å². The molecule has 1 fully saturated rings. The van der Waals surface area contributed by atoms with Crippen LogP contribution in [-0.4, -0.2) is 38.7 Å². The largest absolute Gasteiger partial charge is 0.325 e. The van der Waals surface area contributed by atoms with Crippen LogP contribution in [0.25, 0.3) is 16.2 Å². The highest BCUT2D eigenvalue weighted by Crippen LogP contribution is 2.32. The summed E-state index contributed by atoms with van der Waals surface area (Å²) >= 11 is 1.56. The Morgan fingerprint density at radius 3 is 2.58 bits per heavy atom. The van der Waals surface area contributed by atoms with E-state index in [1.807, 2.05) is 59.4 Å². The second kappa shape index (κ2) is 8.18. The number of fused-ring (bicyclic) bond motifs is 1. The molecule has 0 aliphatic carbocycles. The first kappa shape index (κ1) is 20.9. The van der Waals surface area contributed by atoms with E-state index in [0.29, 0.717) is 17.7 Å². The third-order valence-electron chi connectivity index (χ3n) is 5.83. The van der Waals surface area contributed by atoms with Crippen molar-refractivity contribution in [3.8, 4) is 11.3 Å². The van der Waals surface area contributed by atoms with Crippen molar-refractivity contribution >= 4 is 39.8 Å². The van der Waals surface area contributed by atoms with Crippen molar-refractivity contribution in [3.05, 3.63) is 77.9 Å². The molecule has 2 aromatic heterocycles. The van der Waals surface area contributed by atoms with Crippen molar-refractivity contribution in [1.29, 1.82) is 0 Å². The summed E-state index contributed by atoms with van der Waals surface area (Å²) in [7, 11) is 0. The number of rotatable bonds is 6. The van der Waals surface area contributed by atoms with Gasteiger partial charge in [-0.2, -0.15) is 0 Å². The Bertz CT molecular complexity index is 1320. The lowest BCUT2D eigenvalue weighted by atomic mass is 9.87. The third-order valence-corrected chi connectivity index (χ3v) is 6.60. The number of hydrogen-bond donors (Lipinski definition) is 2. The van der Waals surface area contributed by atoms with Gasteiger partial charge in [0.25, 0.3) is 5.91 Å². The summed E-state index contributed by atoms with van der Waals surface area (Å²) in [4.78, 5) is 44.8. The number of nitrogens with one attached hydrogen (secondary N) is 2. The van der Waals surface area contributed by atoms with E-state index in [9.17, 15) is 14.4 Å². The van der Waals surface area contributed by atoms with E-state index in [2.05, 4.69) is 15.6 Å². The predicted octanol–water partition coefficient (Wildman–Crippen LogP) is 3.86. The molecular formula is C24H21N5O3S. The first-order chi connectivity index (χ1) is 16.0. The Labute approximate surface area is 193 Å². The molecule has 0 spiro atoms. The molecule has 2 N–H and O–H groups in total. The number of amides is 4. The lowest BCUT2D eigenvalue weighted by Crippen LogP contribution is -2.44. The number of benzene rings is 2. The number of aromatic nitrogens is 2. The number of carbonyl (C=O) groups excluding carboxylic acids is 3. The number of thiazole rings is 1. The highest BCUT2D eigenvalue weighted by Gasteiger charge is 2.51. The monoisotopic (exact) mass is 459 g/mol. The van der Waals surface area contributed by atoms with E-state index in [-0.39, 0.29) is 6.54 Å². The Morgan fingerprint density at radius 1 is 1.12 bits per heavy atom. The van der Waals surface area contributed by atoms with Gasteiger partial charge in [0.2, 0.25) is 5.91 Å². The first-order valence-corrected chi connectivity index (χ1v) is 11.4. The molecule has 1 saturated heterocycles. The van der Waals surface area contributed by atoms with Crippen LogP contribution in [0, 0.1) is 0 Å². The molecule has 1 aliphatic rings. The van der Waals surface area contributed by atoms with Crippen LogP contribution >= 0.6 is 11.3 Å². The molecule has 4 aromatic rings. The maximum absolute atomic E-state index is 13.2. The number of imidazole rings is 1. The Kier molecular flexibility index (Phi) is 5.18. The minimum Gasteiger partial charge on any atom is -0.325 e. The van der Waals surface area contributed by atoms with Crippen LogP contribution in [0.5, 0.6) is 0 Å². The molecule has 2 aromatic carbocycles. The molecule has 5 rings (SSSR count). The van der Waals surface area contributed by atoms with Crippen molar-refractivity contribution < 1.29 is 14.4 Å². The smallest absolute Gasteiger partial charge is 0.325 e. The highest BCUT2D eigenvalue weighted by atomic mass is 32.1. The van der Waals surface area contributed by atoms with Crippen LogP contribution < -0.4 is 10.6 Å². The lowest BCUT2D eigenvalue weighted by Gasteiger charge is -2.25. The van der Waals surface area contributed by atoms with Gasteiger partial charge in [-0.3, -0.25) is 18.9 Å². The van der Waals surface area contributed by atoms with Gasteiger partial charge in [0.15, 0.2) is 4.96 Å². The average molecular weight is 460 g/mol. The molecule has 166 valence electrons. The van der Waals surface area contributed by atoms with E-state index in [4.69, 9.17) is 0 Å².